The van der Waals surface area contributed by atoms with Crippen LogP contribution in [0.5, 0.6) is 0 Å². The number of hydrogen-bond acceptors (Lipinski definition) is 3. The van der Waals surface area contributed by atoms with Crippen LogP contribution in [0.4, 0.5) is 4.39 Å². The number of aliphatic hydroxyl groups excluding tert-OH is 1. The zero-order valence-corrected chi connectivity index (χ0v) is 11.4. The number of benzene rings is 1. The Hall–Kier alpha value is -1.75. The van der Waals surface area contributed by atoms with E-state index in [0.717, 1.165) is 11.4 Å². The van der Waals surface area contributed by atoms with Gasteiger partial charge < -0.3 is 9.67 Å². The van der Waals surface area contributed by atoms with Gasteiger partial charge in [0, 0.05) is 12.0 Å². The van der Waals surface area contributed by atoms with Crippen LogP contribution in [-0.4, -0.2) is 19.9 Å². The number of aliphatic hydroxyl groups is 1. The van der Waals surface area contributed by atoms with Crippen LogP contribution < -0.4 is 0 Å². The van der Waals surface area contributed by atoms with Crippen molar-refractivity contribution in [2.75, 3.05) is 0 Å². The lowest BCUT2D eigenvalue weighted by molar-refractivity contribution is 0.248. The molecule has 0 aliphatic carbocycles. The predicted molar refractivity (Wildman–Crippen MR) is 70.1 cm³/mol. The number of aromatic nitrogens is 3. The summed E-state index contributed by atoms with van der Waals surface area (Å²) < 4.78 is 14.8. The van der Waals surface area contributed by atoms with E-state index in [9.17, 15) is 9.50 Å². The molecule has 0 saturated carbocycles. The molecule has 0 atom stereocenters. The van der Waals surface area contributed by atoms with Crippen molar-refractivity contribution in [2.24, 2.45) is 0 Å². The second kappa shape index (κ2) is 5.09. The van der Waals surface area contributed by atoms with E-state index in [1.165, 1.54) is 12.1 Å². The van der Waals surface area contributed by atoms with Gasteiger partial charge >= 0.3 is 0 Å². The monoisotopic (exact) mass is 263 g/mol. The van der Waals surface area contributed by atoms with Gasteiger partial charge in [-0.25, -0.2) is 4.39 Å². The lowest BCUT2D eigenvalue weighted by atomic mass is 10.1. The minimum Gasteiger partial charge on any atom is -0.388 e. The van der Waals surface area contributed by atoms with E-state index in [4.69, 9.17) is 0 Å². The van der Waals surface area contributed by atoms with Crippen molar-refractivity contribution in [2.45, 2.75) is 39.3 Å². The van der Waals surface area contributed by atoms with Gasteiger partial charge in [0.15, 0.2) is 5.82 Å². The summed E-state index contributed by atoms with van der Waals surface area (Å²) in [6, 6.07) is 6.32. The Morgan fingerprint density at radius 3 is 2.21 bits per heavy atom. The molecule has 2 rings (SSSR count). The largest absolute Gasteiger partial charge is 0.388 e. The predicted octanol–water partition coefficient (Wildman–Crippen LogP) is 2.26. The van der Waals surface area contributed by atoms with Gasteiger partial charge in [0.05, 0.1) is 0 Å². The summed E-state index contributed by atoms with van der Waals surface area (Å²) in [4.78, 5) is 0. The highest BCUT2D eigenvalue weighted by Gasteiger charge is 2.22. The highest BCUT2D eigenvalue weighted by atomic mass is 19.1. The Balaban J connectivity index is 2.35. The zero-order chi connectivity index (χ0) is 14.0. The molecular weight excluding hydrogens is 245 g/mol. The van der Waals surface area contributed by atoms with Gasteiger partial charge in [0.1, 0.15) is 18.2 Å². The average Bonchev–Trinajstić information content (AvgIpc) is 2.75. The van der Waals surface area contributed by atoms with Crippen LogP contribution in [0.1, 0.15) is 38.0 Å². The summed E-state index contributed by atoms with van der Waals surface area (Å²) in [5.41, 5.74) is 0.750. The highest BCUT2D eigenvalue weighted by molar-refractivity contribution is 5.20. The third-order valence-corrected chi connectivity index (χ3v) is 2.88. The first-order valence-corrected chi connectivity index (χ1v) is 6.21. The molecule has 0 aliphatic heterocycles. The SMILES string of the molecule is CC(C)(C)n1c(CO)nnc1Cc1ccc(F)cc1. The fraction of sp³-hybridized carbons (Fsp3) is 0.429. The fourth-order valence-corrected chi connectivity index (χ4v) is 2.13. The third-order valence-electron chi connectivity index (χ3n) is 2.88. The van der Waals surface area contributed by atoms with Crippen molar-refractivity contribution < 1.29 is 9.50 Å². The second-order valence-electron chi connectivity index (χ2n) is 5.50. The molecule has 0 bridgehead atoms. The van der Waals surface area contributed by atoms with E-state index in [1.807, 2.05) is 25.3 Å². The van der Waals surface area contributed by atoms with Gasteiger partial charge in [0.2, 0.25) is 0 Å². The summed E-state index contributed by atoms with van der Waals surface area (Å²) in [5.74, 6) is 1.06. The minimum atomic E-state index is -0.253. The molecule has 1 N–H and O–H groups in total. The van der Waals surface area contributed by atoms with Crippen molar-refractivity contribution in [1.29, 1.82) is 0 Å². The number of rotatable bonds is 3. The number of nitrogens with zero attached hydrogens (tertiary/aromatic N) is 3. The van der Waals surface area contributed by atoms with E-state index < -0.39 is 0 Å². The second-order valence-corrected chi connectivity index (χ2v) is 5.50. The maximum absolute atomic E-state index is 12.9. The van der Waals surface area contributed by atoms with Crippen LogP contribution >= 0.6 is 0 Å². The molecule has 0 saturated heterocycles. The minimum absolute atomic E-state index is 0.145. The van der Waals surface area contributed by atoms with Crippen molar-refractivity contribution in [3.8, 4) is 0 Å². The maximum Gasteiger partial charge on any atom is 0.159 e. The van der Waals surface area contributed by atoms with Gasteiger partial charge in [-0.2, -0.15) is 0 Å². The van der Waals surface area contributed by atoms with Gasteiger partial charge in [-0.1, -0.05) is 12.1 Å². The third kappa shape index (κ3) is 2.98. The van der Waals surface area contributed by atoms with Crippen LogP contribution in [0.15, 0.2) is 24.3 Å². The smallest absolute Gasteiger partial charge is 0.159 e. The fourth-order valence-electron chi connectivity index (χ4n) is 2.13. The van der Waals surface area contributed by atoms with Crippen LogP contribution in [0.3, 0.4) is 0 Å². The molecule has 0 unspecified atom stereocenters. The summed E-state index contributed by atoms with van der Waals surface area (Å²) in [6.07, 6.45) is 0.560. The van der Waals surface area contributed by atoms with Gasteiger partial charge in [0.25, 0.3) is 0 Å². The van der Waals surface area contributed by atoms with Gasteiger partial charge in [-0.15, -0.1) is 10.2 Å². The van der Waals surface area contributed by atoms with Crippen molar-refractivity contribution in [3.63, 3.8) is 0 Å². The van der Waals surface area contributed by atoms with Crippen molar-refractivity contribution in [3.05, 3.63) is 47.3 Å². The Morgan fingerprint density at radius 2 is 1.68 bits per heavy atom. The Kier molecular flexibility index (Phi) is 3.66. The molecule has 2 aromatic rings. The average molecular weight is 263 g/mol. The lowest BCUT2D eigenvalue weighted by Gasteiger charge is -2.24. The summed E-state index contributed by atoms with van der Waals surface area (Å²) in [5, 5.41) is 17.5. The zero-order valence-electron chi connectivity index (χ0n) is 11.4. The van der Waals surface area contributed by atoms with Crippen molar-refractivity contribution in [1.82, 2.24) is 14.8 Å². The number of hydrogen-bond donors (Lipinski definition) is 1. The maximum atomic E-state index is 12.9. The highest BCUT2D eigenvalue weighted by Crippen LogP contribution is 2.20. The van der Waals surface area contributed by atoms with Gasteiger partial charge in [-0.05, 0) is 38.5 Å². The van der Waals surface area contributed by atoms with E-state index in [0.29, 0.717) is 12.2 Å². The molecule has 0 spiro atoms. The quantitative estimate of drug-likeness (QED) is 0.924. The Labute approximate surface area is 111 Å². The molecular formula is C14H18FN3O. The van der Waals surface area contributed by atoms with E-state index in [-0.39, 0.29) is 18.0 Å². The van der Waals surface area contributed by atoms with E-state index in [2.05, 4.69) is 10.2 Å². The molecule has 5 heteroatoms. The molecule has 19 heavy (non-hydrogen) atoms. The van der Waals surface area contributed by atoms with Crippen molar-refractivity contribution >= 4 is 0 Å². The van der Waals surface area contributed by atoms with Crippen LogP contribution in [-0.2, 0) is 18.6 Å². The molecule has 0 amide bonds. The van der Waals surface area contributed by atoms with Crippen LogP contribution in [0.2, 0.25) is 0 Å². The van der Waals surface area contributed by atoms with E-state index in [1.54, 1.807) is 12.1 Å². The number of halogens is 1. The molecule has 0 aliphatic rings. The molecule has 0 radical (unpaired) electrons. The van der Waals surface area contributed by atoms with Crippen LogP contribution in [0.25, 0.3) is 0 Å². The first-order valence-electron chi connectivity index (χ1n) is 6.21. The summed E-state index contributed by atoms with van der Waals surface area (Å²) >= 11 is 0. The molecule has 1 aromatic heterocycles. The molecule has 0 fully saturated rings. The van der Waals surface area contributed by atoms with Crippen LogP contribution in [0, 0.1) is 5.82 Å². The Bertz CT molecular complexity index is 555. The molecule has 1 aromatic carbocycles. The van der Waals surface area contributed by atoms with Gasteiger partial charge in [-0.3, -0.25) is 0 Å². The first kappa shape index (κ1) is 13.7. The van der Waals surface area contributed by atoms with E-state index >= 15 is 0 Å². The summed E-state index contributed by atoms with van der Waals surface area (Å²) in [7, 11) is 0. The standard InChI is InChI=1S/C14H18FN3O/c1-14(2,3)18-12(16-17-13(18)9-19)8-10-4-6-11(15)7-5-10/h4-7,19H,8-9H2,1-3H3. The normalized spacial score (nSPS) is 11.8. The topological polar surface area (TPSA) is 50.9 Å². The molecule has 1 heterocycles. The summed E-state index contributed by atoms with van der Waals surface area (Å²) in [6.45, 7) is 5.95. The molecule has 102 valence electrons. The lowest BCUT2D eigenvalue weighted by Crippen LogP contribution is -2.26. The Morgan fingerprint density at radius 1 is 1.11 bits per heavy atom. The first-order chi connectivity index (χ1) is 8.91. The molecule has 4 nitrogen and oxygen atoms in total.